The summed E-state index contributed by atoms with van der Waals surface area (Å²) in [5.41, 5.74) is 0. The molecule has 0 aliphatic rings. The normalized spacial score (nSPS) is 13.3. The molecule has 0 heterocycles. The van der Waals surface area contributed by atoms with Crippen LogP contribution >= 0.6 is 0 Å². The molecule has 0 amide bonds. The Kier molecular flexibility index (Phi) is 48.7. The van der Waals surface area contributed by atoms with Crippen LogP contribution < -0.4 is 5.11 Å². The summed E-state index contributed by atoms with van der Waals surface area (Å²) in [4.78, 5) is 37.2. The van der Waals surface area contributed by atoms with Crippen molar-refractivity contribution in [2.45, 2.75) is 245 Å². The van der Waals surface area contributed by atoms with Crippen LogP contribution in [-0.2, 0) is 33.3 Å². The Morgan fingerprint density at radius 3 is 1.29 bits per heavy atom. The highest BCUT2D eigenvalue weighted by Gasteiger charge is 2.21. The predicted molar refractivity (Wildman–Crippen MR) is 288 cm³/mol. The quantitative estimate of drug-likeness (QED) is 0.0195. The largest absolute Gasteiger partial charge is 0.545 e. The number of carbonyl (C=O) groups is 3. The topological polar surface area (TPSA) is 111 Å². The van der Waals surface area contributed by atoms with Crippen molar-refractivity contribution >= 4 is 17.9 Å². The third-order valence-corrected chi connectivity index (χ3v) is 11.9. The Bertz CT molecular complexity index is 1360. The van der Waals surface area contributed by atoms with E-state index in [0.29, 0.717) is 23.9 Å². The van der Waals surface area contributed by atoms with Crippen LogP contribution in [0.4, 0.5) is 0 Å². The second kappa shape index (κ2) is 51.1. The lowest BCUT2D eigenvalue weighted by Gasteiger charge is -2.26. The van der Waals surface area contributed by atoms with Gasteiger partial charge < -0.3 is 33.3 Å². The predicted octanol–water partition coefficient (Wildman–Crippen LogP) is 14.9. The van der Waals surface area contributed by atoms with E-state index in [-0.39, 0.29) is 38.6 Å². The van der Waals surface area contributed by atoms with Gasteiger partial charge >= 0.3 is 11.9 Å². The van der Waals surface area contributed by atoms with E-state index in [1.165, 1.54) is 141 Å². The minimum atomic E-state index is -1.64. The average Bonchev–Trinajstić information content (AvgIpc) is 3.31. The summed E-state index contributed by atoms with van der Waals surface area (Å²) in [6, 6.07) is 0. The van der Waals surface area contributed by atoms with Crippen LogP contribution in [0.15, 0.2) is 72.9 Å². The van der Waals surface area contributed by atoms with E-state index in [1.54, 1.807) is 0 Å². The first-order chi connectivity index (χ1) is 33.6. The average molecular weight is 968 g/mol. The van der Waals surface area contributed by atoms with Gasteiger partial charge in [-0.25, -0.2) is 0 Å². The zero-order chi connectivity index (χ0) is 50.6. The van der Waals surface area contributed by atoms with Crippen molar-refractivity contribution in [2.75, 3.05) is 47.5 Å². The van der Waals surface area contributed by atoms with Crippen LogP contribution in [0.5, 0.6) is 0 Å². The Morgan fingerprint density at radius 1 is 0.449 bits per heavy atom. The molecule has 0 bridgehead atoms. The van der Waals surface area contributed by atoms with Gasteiger partial charge in [-0.15, -0.1) is 0 Å². The fraction of sp³-hybridized carbons (Fsp3) is 0.750. The molecule has 2 atom stereocenters. The monoisotopic (exact) mass is 968 g/mol. The molecule has 0 radical (unpaired) electrons. The standard InChI is InChI=1S/C60H105NO8/c1-6-8-10-12-14-16-18-20-22-24-25-26-27-28-29-30-31-32-33-35-36-38-40-42-44-46-48-50-57(62)67-54-56(55-68-60(59(64)65)66-53-52-61(3,4)5)69-58(63)51-49-47-45-43-41-39-37-34-23-21-19-17-15-13-11-9-7-2/h9,11,15,17,21,23-25,37,39,43,45,56,60H,6-8,10,12-14,16,18-20,22,26-36,38,40-42,44,46-55H2,1-5H3/b11-9-,17-15-,23-21-,25-24-,39-37-,45-43-. The fourth-order valence-corrected chi connectivity index (χ4v) is 7.63. The molecular formula is C60H105NO8. The minimum absolute atomic E-state index is 0.135. The number of nitrogens with zero attached hydrogens (tertiary/aromatic N) is 1. The van der Waals surface area contributed by atoms with Crippen LogP contribution in [0, 0.1) is 0 Å². The molecule has 0 fully saturated rings. The van der Waals surface area contributed by atoms with Gasteiger partial charge in [0.2, 0.25) is 0 Å². The van der Waals surface area contributed by atoms with Gasteiger partial charge in [0.1, 0.15) is 13.2 Å². The maximum atomic E-state index is 12.8. The van der Waals surface area contributed by atoms with Crippen molar-refractivity contribution in [1.29, 1.82) is 0 Å². The highest BCUT2D eigenvalue weighted by Crippen LogP contribution is 2.16. The zero-order valence-corrected chi connectivity index (χ0v) is 45.2. The molecule has 0 aliphatic heterocycles. The van der Waals surface area contributed by atoms with Crippen LogP contribution in [-0.4, -0.2) is 82.3 Å². The smallest absolute Gasteiger partial charge is 0.306 e. The number of ether oxygens (including phenoxy) is 4. The van der Waals surface area contributed by atoms with Gasteiger partial charge in [-0.1, -0.05) is 215 Å². The Hall–Kier alpha value is -3.27. The Balaban J connectivity index is 4.26. The number of allylic oxidation sites excluding steroid dienone is 12. The van der Waals surface area contributed by atoms with Gasteiger partial charge in [0.15, 0.2) is 12.4 Å². The molecule has 9 heteroatoms. The van der Waals surface area contributed by atoms with E-state index in [4.69, 9.17) is 18.9 Å². The van der Waals surface area contributed by atoms with E-state index in [0.717, 1.165) is 51.4 Å². The summed E-state index contributed by atoms with van der Waals surface area (Å²) in [5.74, 6) is -2.36. The molecular weight excluding hydrogens is 863 g/mol. The molecule has 69 heavy (non-hydrogen) atoms. The summed E-state index contributed by atoms with van der Waals surface area (Å²) in [7, 11) is 5.90. The van der Waals surface area contributed by atoms with Gasteiger partial charge in [-0.05, 0) is 77.0 Å². The highest BCUT2D eigenvalue weighted by molar-refractivity contribution is 5.70. The summed E-state index contributed by atoms with van der Waals surface area (Å²) in [5, 5.41) is 11.7. The number of unbranched alkanes of at least 4 members (excludes halogenated alkanes) is 24. The molecule has 0 saturated heterocycles. The number of quaternary nitrogens is 1. The van der Waals surface area contributed by atoms with Crippen molar-refractivity contribution in [3.63, 3.8) is 0 Å². The summed E-state index contributed by atoms with van der Waals surface area (Å²) in [6.45, 7) is 4.57. The lowest BCUT2D eigenvalue weighted by Crippen LogP contribution is -2.44. The number of aliphatic carboxylic acids is 1. The summed E-state index contributed by atoms with van der Waals surface area (Å²) < 4.78 is 22.6. The van der Waals surface area contributed by atoms with Crippen molar-refractivity contribution in [1.82, 2.24) is 0 Å². The molecule has 0 aromatic carbocycles. The summed E-state index contributed by atoms with van der Waals surface area (Å²) in [6.07, 6.45) is 62.5. The lowest BCUT2D eigenvalue weighted by molar-refractivity contribution is -0.870. The molecule has 0 rings (SSSR count). The van der Waals surface area contributed by atoms with Gasteiger partial charge in [0.05, 0.1) is 40.3 Å². The van der Waals surface area contributed by atoms with Crippen LogP contribution in [0.25, 0.3) is 0 Å². The minimum Gasteiger partial charge on any atom is -0.545 e. The Labute approximate surface area is 424 Å². The third kappa shape index (κ3) is 52.4. The summed E-state index contributed by atoms with van der Waals surface area (Å²) >= 11 is 0. The molecule has 0 aliphatic carbocycles. The molecule has 9 nitrogen and oxygen atoms in total. The SMILES string of the molecule is CC/C=C\C/C=C\C/C=C\C/C=C\C/C=C\CCCC(=O)OC(COC(=O)CCCCCCCCCCCCCCCCC/C=C\CCCCCCCCCC)COC(OCC[N+](C)(C)C)C(=O)[O-]. The first-order valence-electron chi connectivity index (χ1n) is 28.1. The van der Waals surface area contributed by atoms with E-state index in [9.17, 15) is 19.5 Å². The van der Waals surface area contributed by atoms with Crippen LogP contribution in [0.3, 0.4) is 0 Å². The molecule has 0 aromatic heterocycles. The molecule has 0 N–H and O–H groups in total. The van der Waals surface area contributed by atoms with Gasteiger partial charge in [0.25, 0.3) is 0 Å². The van der Waals surface area contributed by atoms with Crippen LogP contribution in [0.2, 0.25) is 0 Å². The molecule has 0 saturated carbocycles. The number of carboxylic acids is 1. The maximum absolute atomic E-state index is 12.8. The van der Waals surface area contributed by atoms with Crippen LogP contribution in [0.1, 0.15) is 232 Å². The second-order valence-electron chi connectivity index (χ2n) is 19.8. The van der Waals surface area contributed by atoms with E-state index in [1.807, 2.05) is 21.1 Å². The van der Waals surface area contributed by atoms with Gasteiger partial charge in [-0.3, -0.25) is 9.59 Å². The third-order valence-electron chi connectivity index (χ3n) is 11.9. The van der Waals surface area contributed by atoms with Gasteiger partial charge in [0, 0.05) is 12.8 Å². The maximum Gasteiger partial charge on any atom is 0.306 e. The molecule has 2 unspecified atom stereocenters. The first kappa shape index (κ1) is 65.7. The van der Waals surface area contributed by atoms with E-state index >= 15 is 0 Å². The van der Waals surface area contributed by atoms with Crippen molar-refractivity contribution in [3.05, 3.63) is 72.9 Å². The number of hydrogen-bond acceptors (Lipinski definition) is 8. The molecule has 0 aromatic rings. The van der Waals surface area contributed by atoms with E-state index in [2.05, 4.69) is 86.8 Å². The lowest BCUT2D eigenvalue weighted by atomic mass is 10.0. The Morgan fingerprint density at radius 2 is 0.841 bits per heavy atom. The number of carboxylic acid groups (broad SMARTS) is 1. The van der Waals surface area contributed by atoms with Crippen molar-refractivity contribution in [3.8, 4) is 0 Å². The number of carbonyl (C=O) groups excluding carboxylic acids is 3. The number of rotatable bonds is 51. The highest BCUT2D eigenvalue weighted by atomic mass is 16.7. The fourth-order valence-electron chi connectivity index (χ4n) is 7.63. The van der Waals surface area contributed by atoms with Crippen molar-refractivity contribution in [2.24, 2.45) is 0 Å². The van der Waals surface area contributed by atoms with E-state index < -0.39 is 24.3 Å². The molecule has 398 valence electrons. The number of hydrogen-bond donors (Lipinski definition) is 0. The van der Waals surface area contributed by atoms with Crippen molar-refractivity contribution < 1.29 is 42.9 Å². The molecule has 0 spiro atoms. The van der Waals surface area contributed by atoms with Gasteiger partial charge in [-0.2, -0.15) is 0 Å². The second-order valence-corrected chi connectivity index (χ2v) is 19.8. The number of likely N-dealkylation sites (N-methyl/N-ethyl adjacent to an activating group) is 1. The zero-order valence-electron chi connectivity index (χ0n) is 45.2. The first-order valence-corrected chi connectivity index (χ1v) is 28.1. The number of esters is 2.